The third kappa shape index (κ3) is 4.27. The smallest absolute Gasteiger partial charge is 0.253 e. The molecule has 0 atom stereocenters. The third-order valence-electron chi connectivity index (χ3n) is 5.64. The highest BCUT2D eigenvalue weighted by atomic mass is 32.2. The molecule has 1 saturated carbocycles. The van der Waals surface area contributed by atoms with Gasteiger partial charge < -0.3 is 10.6 Å². The van der Waals surface area contributed by atoms with E-state index in [2.05, 4.69) is 4.72 Å². The number of aryl methyl sites for hydroxylation is 1. The third-order valence-corrected chi connectivity index (χ3v) is 7.30. The van der Waals surface area contributed by atoms with Crippen molar-refractivity contribution in [3.8, 4) is 0 Å². The van der Waals surface area contributed by atoms with Crippen molar-refractivity contribution < 1.29 is 13.2 Å². The van der Waals surface area contributed by atoms with Gasteiger partial charge in [0, 0.05) is 24.7 Å². The van der Waals surface area contributed by atoms with Crippen LogP contribution in [-0.4, -0.2) is 44.9 Å². The van der Waals surface area contributed by atoms with Gasteiger partial charge in [-0.15, -0.1) is 0 Å². The molecule has 0 aromatic heterocycles. The van der Waals surface area contributed by atoms with Gasteiger partial charge in [0.1, 0.15) is 0 Å². The van der Waals surface area contributed by atoms with E-state index >= 15 is 0 Å². The number of sulfonamides is 1. The molecule has 2 fully saturated rings. The highest BCUT2D eigenvalue weighted by Gasteiger charge is 2.27. The second-order valence-corrected chi connectivity index (χ2v) is 9.24. The highest BCUT2D eigenvalue weighted by molar-refractivity contribution is 7.89. The topological polar surface area (TPSA) is 92.5 Å². The summed E-state index contributed by atoms with van der Waals surface area (Å²) in [6.45, 7) is 3.78. The standard InChI is InChI=1S/C19H29N3O3S/c1-14-6-7-16(19(23)22-10-8-15(13-20)9-11-22)12-18(14)26(24,25)21-17-4-2-3-5-17/h6-7,12,15,17,21H,2-5,8-11,13,20H2,1H3. The van der Waals surface area contributed by atoms with Gasteiger partial charge in [0.05, 0.1) is 4.90 Å². The number of likely N-dealkylation sites (tertiary alicyclic amines) is 1. The van der Waals surface area contributed by atoms with E-state index in [0.29, 0.717) is 36.7 Å². The van der Waals surface area contributed by atoms with Crippen molar-refractivity contribution >= 4 is 15.9 Å². The molecule has 0 unspecified atom stereocenters. The van der Waals surface area contributed by atoms with E-state index < -0.39 is 10.0 Å². The van der Waals surface area contributed by atoms with E-state index in [1.54, 1.807) is 24.0 Å². The first kappa shape index (κ1) is 19.3. The molecule has 3 N–H and O–H groups in total. The molecule has 1 aliphatic heterocycles. The number of carbonyl (C=O) groups excluding carboxylic acids is 1. The summed E-state index contributed by atoms with van der Waals surface area (Å²) in [5, 5.41) is 0. The number of nitrogens with zero attached hydrogens (tertiary/aromatic N) is 1. The Kier molecular flexibility index (Phi) is 5.99. The predicted molar refractivity (Wildman–Crippen MR) is 101 cm³/mol. The van der Waals surface area contributed by atoms with Gasteiger partial charge in [-0.1, -0.05) is 18.9 Å². The van der Waals surface area contributed by atoms with Gasteiger partial charge in [-0.05, 0) is 62.8 Å². The Labute approximate surface area is 156 Å². The van der Waals surface area contributed by atoms with Crippen LogP contribution < -0.4 is 10.5 Å². The van der Waals surface area contributed by atoms with Gasteiger partial charge in [0.15, 0.2) is 0 Å². The second kappa shape index (κ2) is 8.06. The summed E-state index contributed by atoms with van der Waals surface area (Å²) in [7, 11) is -3.61. The Morgan fingerprint density at radius 3 is 2.46 bits per heavy atom. The minimum Gasteiger partial charge on any atom is -0.339 e. The van der Waals surface area contributed by atoms with Crippen LogP contribution in [0.15, 0.2) is 23.1 Å². The van der Waals surface area contributed by atoms with Crippen LogP contribution in [0.2, 0.25) is 0 Å². The summed E-state index contributed by atoms with van der Waals surface area (Å²) < 4.78 is 28.4. The fraction of sp³-hybridized carbons (Fsp3) is 0.632. The number of benzene rings is 1. The molecule has 0 spiro atoms. The summed E-state index contributed by atoms with van der Waals surface area (Å²) >= 11 is 0. The van der Waals surface area contributed by atoms with Crippen LogP contribution in [0.5, 0.6) is 0 Å². The van der Waals surface area contributed by atoms with Crippen LogP contribution in [0, 0.1) is 12.8 Å². The summed E-state index contributed by atoms with van der Waals surface area (Å²) in [6.07, 6.45) is 5.69. The lowest BCUT2D eigenvalue weighted by molar-refractivity contribution is 0.0693. The summed E-state index contributed by atoms with van der Waals surface area (Å²) in [4.78, 5) is 14.8. The fourth-order valence-electron chi connectivity index (χ4n) is 3.90. The van der Waals surface area contributed by atoms with E-state index in [-0.39, 0.29) is 16.8 Å². The van der Waals surface area contributed by atoms with Gasteiger partial charge in [-0.25, -0.2) is 13.1 Å². The first-order valence-electron chi connectivity index (χ1n) is 9.53. The molecule has 1 aromatic rings. The van der Waals surface area contributed by atoms with Gasteiger partial charge in [-0.2, -0.15) is 0 Å². The molecule has 1 heterocycles. The zero-order chi connectivity index (χ0) is 18.7. The molecule has 0 bridgehead atoms. The van der Waals surface area contributed by atoms with Crippen LogP contribution in [0.3, 0.4) is 0 Å². The van der Waals surface area contributed by atoms with Gasteiger partial charge >= 0.3 is 0 Å². The van der Waals surface area contributed by atoms with Crippen LogP contribution >= 0.6 is 0 Å². The Bertz CT molecular complexity index is 749. The maximum atomic E-state index is 12.8. The molecule has 6 nitrogen and oxygen atoms in total. The molecule has 0 radical (unpaired) electrons. The minimum atomic E-state index is -3.61. The van der Waals surface area contributed by atoms with Crippen molar-refractivity contribution in [1.29, 1.82) is 0 Å². The lowest BCUT2D eigenvalue weighted by Crippen LogP contribution is -2.40. The van der Waals surface area contributed by atoms with Crippen molar-refractivity contribution in [2.45, 2.75) is 56.4 Å². The van der Waals surface area contributed by atoms with E-state index in [1.165, 1.54) is 6.07 Å². The Morgan fingerprint density at radius 1 is 1.19 bits per heavy atom. The van der Waals surface area contributed by atoms with Gasteiger partial charge in [0.25, 0.3) is 5.91 Å². The molecule has 3 rings (SSSR count). The quantitative estimate of drug-likeness (QED) is 0.819. The van der Waals surface area contributed by atoms with E-state index in [4.69, 9.17) is 5.73 Å². The van der Waals surface area contributed by atoms with Gasteiger partial charge in [-0.3, -0.25) is 4.79 Å². The summed E-state index contributed by atoms with van der Waals surface area (Å²) in [5.74, 6) is 0.376. The Balaban J connectivity index is 1.77. The maximum absolute atomic E-state index is 12.8. The highest BCUT2D eigenvalue weighted by Crippen LogP contribution is 2.24. The lowest BCUT2D eigenvalue weighted by atomic mass is 9.96. The molecule has 7 heteroatoms. The monoisotopic (exact) mass is 379 g/mol. The van der Waals surface area contributed by atoms with Crippen molar-refractivity contribution in [3.63, 3.8) is 0 Å². The number of amides is 1. The number of nitrogens with two attached hydrogens (primary N) is 1. The first-order valence-corrected chi connectivity index (χ1v) is 11.0. The zero-order valence-electron chi connectivity index (χ0n) is 15.4. The molecule has 1 saturated heterocycles. The van der Waals surface area contributed by atoms with Crippen LogP contribution in [0.25, 0.3) is 0 Å². The number of nitrogens with one attached hydrogen (secondary N) is 1. The number of hydrogen-bond donors (Lipinski definition) is 2. The number of rotatable bonds is 5. The lowest BCUT2D eigenvalue weighted by Gasteiger charge is -2.31. The van der Waals surface area contributed by atoms with Crippen LogP contribution in [0.4, 0.5) is 0 Å². The zero-order valence-corrected chi connectivity index (χ0v) is 16.2. The van der Waals surface area contributed by atoms with Crippen LogP contribution in [-0.2, 0) is 10.0 Å². The molecule has 26 heavy (non-hydrogen) atoms. The van der Waals surface area contributed by atoms with Crippen molar-refractivity contribution in [2.24, 2.45) is 11.7 Å². The largest absolute Gasteiger partial charge is 0.339 e. The molecule has 2 aliphatic rings. The average Bonchev–Trinajstić information content (AvgIpc) is 3.13. The average molecular weight is 380 g/mol. The van der Waals surface area contributed by atoms with E-state index in [1.807, 2.05) is 0 Å². The van der Waals surface area contributed by atoms with Gasteiger partial charge in [0.2, 0.25) is 10.0 Å². The van der Waals surface area contributed by atoms with Crippen molar-refractivity contribution in [3.05, 3.63) is 29.3 Å². The summed E-state index contributed by atoms with van der Waals surface area (Å²) in [6, 6.07) is 4.99. The molecule has 1 aliphatic carbocycles. The maximum Gasteiger partial charge on any atom is 0.253 e. The number of carbonyl (C=O) groups is 1. The summed E-state index contributed by atoms with van der Waals surface area (Å²) in [5.41, 5.74) is 6.81. The molecule has 144 valence electrons. The molecular weight excluding hydrogens is 350 g/mol. The van der Waals surface area contributed by atoms with E-state index in [9.17, 15) is 13.2 Å². The van der Waals surface area contributed by atoms with E-state index in [0.717, 1.165) is 38.5 Å². The van der Waals surface area contributed by atoms with Crippen molar-refractivity contribution in [2.75, 3.05) is 19.6 Å². The first-order chi connectivity index (χ1) is 12.4. The predicted octanol–water partition coefficient (Wildman–Crippen LogP) is 2.03. The molecule has 1 aromatic carbocycles. The van der Waals surface area contributed by atoms with Crippen LogP contribution in [0.1, 0.15) is 54.4 Å². The molecular formula is C19H29N3O3S. The number of hydrogen-bond acceptors (Lipinski definition) is 4. The van der Waals surface area contributed by atoms with Crippen molar-refractivity contribution in [1.82, 2.24) is 9.62 Å². The Morgan fingerprint density at radius 2 is 1.85 bits per heavy atom. The Hall–Kier alpha value is -1.44. The second-order valence-electron chi connectivity index (χ2n) is 7.55. The minimum absolute atomic E-state index is 0.00838. The SMILES string of the molecule is Cc1ccc(C(=O)N2CCC(CN)CC2)cc1S(=O)(=O)NC1CCCC1. The fourth-order valence-corrected chi connectivity index (χ4v) is 5.48. The normalized spacial score (nSPS) is 19.8. The molecule has 1 amide bonds. The number of piperidine rings is 1.